The van der Waals surface area contributed by atoms with Crippen LogP contribution in [0.5, 0.6) is 11.5 Å². The first-order chi connectivity index (χ1) is 16.1. The van der Waals surface area contributed by atoms with E-state index in [0.717, 1.165) is 5.56 Å². The third kappa shape index (κ3) is 8.17. The van der Waals surface area contributed by atoms with E-state index in [1.54, 1.807) is 31.2 Å². The predicted molar refractivity (Wildman–Crippen MR) is 140 cm³/mol. The number of anilines is 1. The Labute approximate surface area is 216 Å². The van der Waals surface area contributed by atoms with Crippen LogP contribution < -0.4 is 25.5 Å². The monoisotopic (exact) mass is 600 g/mol. The Morgan fingerprint density at radius 3 is 2.62 bits per heavy atom. The Morgan fingerprint density at radius 2 is 1.94 bits per heavy atom. The number of methoxy groups -OCH3 is 1. The first-order valence-corrected chi connectivity index (χ1v) is 11.8. The molecular weight excluding hydrogens is 575 g/mol. The second-order valence-corrected chi connectivity index (χ2v) is 8.91. The van der Waals surface area contributed by atoms with Gasteiger partial charge in [0.15, 0.2) is 18.1 Å². The first kappa shape index (κ1) is 27.4. The SMILES string of the molecule is CC[C@@H](C)NC(=O)C(=O)N/N=C\c1cc(I)c(OCC(=O)Nc2cc(Cl)ccc2C)c(OC)c1. The van der Waals surface area contributed by atoms with Crippen LogP contribution in [0.3, 0.4) is 0 Å². The third-order valence-electron chi connectivity index (χ3n) is 4.65. The third-order valence-corrected chi connectivity index (χ3v) is 5.69. The highest BCUT2D eigenvalue weighted by Crippen LogP contribution is 2.33. The molecule has 3 amide bonds. The molecule has 0 aliphatic heterocycles. The van der Waals surface area contributed by atoms with Crippen molar-refractivity contribution in [3.63, 3.8) is 0 Å². The molecule has 34 heavy (non-hydrogen) atoms. The van der Waals surface area contributed by atoms with Crippen molar-refractivity contribution in [3.05, 3.63) is 50.1 Å². The molecule has 0 aromatic heterocycles. The molecule has 0 aliphatic carbocycles. The summed E-state index contributed by atoms with van der Waals surface area (Å²) in [5.41, 5.74) is 4.26. The molecule has 3 N–H and O–H groups in total. The first-order valence-electron chi connectivity index (χ1n) is 10.3. The van der Waals surface area contributed by atoms with Gasteiger partial charge in [0.1, 0.15) is 0 Å². The number of carbonyl (C=O) groups excluding carboxylic acids is 3. The van der Waals surface area contributed by atoms with E-state index in [-0.39, 0.29) is 18.6 Å². The van der Waals surface area contributed by atoms with Gasteiger partial charge in [-0.1, -0.05) is 24.6 Å². The number of hydrogen-bond donors (Lipinski definition) is 3. The van der Waals surface area contributed by atoms with Crippen LogP contribution in [-0.2, 0) is 14.4 Å². The van der Waals surface area contributed by atoms with Crippen LogP contribution in [0, 0.1) is 10.5 Å². The Kier molecular flexibility index (Phi) is 10.6. The summed E-state index contributed by atoms with van der Waals surface area (Å²) in [4.78, 5) is 35.9. The fourth-order valence-corrected chi connectivity index (χ4v) is 3.57. The van der Waals surface area contributed by atoms with Crippen LogP contribution in [-0.4, -0.2) is 43.7 Å². The number of ether oxygens (including phenoxy) is 2. The summed E-state index contributed by atoms with van der Waals surface area (Å²) in [6.45, 7) is 5.32. The van der Waals surface area contributed by atoms with Crippen molar-refractivity contribution in [1.29, 1.82) is 0 Å². The number of amides is 3. The topological polar surface area (TPSA) is 118 Å². The number of nitrogens with one attached hydrogen (secondary N) is 3. The fraction of sp³-hybridized carbons (Fsp3) is 0.304. The quantitative estimate of drug-likeness (QED) is 0.176. The predicted octanol–water partition coefficient (Wildman–Crippen LogP) is 3.64. The minimum Gasteiger partial charge on any atom is -0.493 e. The normalized spacial score (nSPS) is 11.6. The van der Waals surface area contributed by atoms with E-state index < -0.39 is 11.8 Å². The Balaban J connectivity index is 2.01. The summed E-state index contributed by atoms with van der Waals surface area (Å²) < 4.78 is 11.7. The summed E-state index contributed by atoms with van der Waals surface area (Å²) in [6, 6.07) is 8.47. The zero-order chi connectivity index (χ0) is 25.3. The smallest absolute Gasteiger partial charge is 0.329 e. The number of aryl methyl sites for hydroxylation is 1. The van der Waals surface area contributed by atoms with E-state index >= 15 is 0 Å². The fourth-order valence-electron chi connectivity index (χ4n) is 2.61. The van der Waals surface area contributed by atoms with Crippen molar-refractivity contribution in [2.24, 2.45) is 5.10 Å². The molecule has 1 atom stereocenters. The highest BCUT2D eigenvalue weighted by molar-refractivity contribution is 14.1. The lowest BCUT2D eigenvalue weighted by atomic mass is 10.2. The van der Waals surface area contributed by atoms with Gasteiger partial charge < -0.3 is 20.1 Å². The number of carbonyl (C=O) groups is 3. The highest BCUT2D eigenvalue weighted by atomic mass is 127. The minimum atomic E-state index is -0.862. The van der Waals surface area contributed by atoms with Crippen molar-refractivity contribution in [2.75, 3.05) is 19.0 Å². The molecule has 0 radical (unpaired) electrons. The minimum absolute atomic E-state index is 0.114. The summed E-state index contributed by atoms with van der Waals surface area (Å²) in [7, 11) is 1.47. The molecule has 2 aromatic rings. The Hall–Kier alpha value is -2.86. The number of benzene rings is 2. The van der Waals surface area contributed by atoms with E-state index in [2.05, 4.69) is 21.2 Å². The van der Waals surface area contributed by atoms with Gasteiger partial charge in [0.2, 0.25) is 0 Å². The standard InChI is InChI=1S/C23H26ClIN4O5/c1-5-14(3)27-22(31)23(32)29-26-11-15-8-17(25)21(19(9-15)33-4)34-12-20(30)28-18-10-16(24)7-6-13(18)2/h6-11,14H,5,12H2,1-4H3,(H,27,31)(H,28,30)(H,29,32)/b26-11-/t14-/m1/s1. The van der Waals surface area contributed by atoms with Gasteiger partial charge in [0.05, 0.1) is 16.9 Å². The van der Waals surface area contributed by atoms with E-state index in [1.165, 1.54) is 13.3 Å². The molecule has 9 nitrogen and oxygen atoms in total. The van der Waals surface area contributed by atoms with Crippen LogP contribution in [0.1, 0.15) is 31.4 Å². The number of halogens is 2. The number of hydrogen-bond acceptors (Lipinski definition) is 6. The number of hydrazone groups is 1. The van der Waals surface area contributed by atoms with Crippen molar-refractivity contribution in [1.82, 2.24) is 10.7 Å². The van der Waals surface area contributed by atoms with E-state index in [0.29, 0.717) is 37.8 Å². The molecule has 11 heteroatoms. The van der Waals surface area contributed by atoms with Gasteiger partial charge in [-0.3, -0.25) is 14.4 Å². The van der Waals surface area contributed by atoms with Crippen LogP contribution in [0.4, 0.5) is 5.69 Å². The number of rotatable bonds is 9. The maximum Gasteiger partial charge on any atom is 0.329 e. The van der Waals surface area contributed by atoms with Gasteiger partial charge in [-0.15, -0.1) is 0 Å². The molecule has 2 rings (SSSR count). The van der Waals surface area contributed by atoms with Crippen molar-refractivity contribution >= 4 is 63.8 Å². The van der Waals surface area contributed by atoms with E-state index in [9.17, 15) is 14.4 Å². The molecular formula is C23H26ClIN4O5. The van der Waals surface area contributed by atoms with E-state index in [1.807, 2.05) is 42.5 Å². The molecule has 0 aliphatic rings. The highest BCUT2D eigenvalue weighted by Gasteiger charge is 2.16. The molecule has 0 spiro atoms. The zero-order valence-corrected chi connectivity index (χ0v) is 22.1. The van der Waals surface area contributed by atoms with Gasteiger partial charge in [-0.25, -0.2) is 5.43 Å². The average molecular weight is 601 g/mol. The zero-order valence-electron chi connectivity index (χ0n) is 19.2. The Morgan fingerprint density at radius 1 is 1.21 bits per heavy atom. The second kappa shape index (κ2) is 13.1. The lowest BCUT2D eigenvalue weighted by Crippen LogP contribution is -2.41. The molecule has 0 bridgehead atoms. The Bertz CT molecular complexity index is 1090. The van der Waals surface area contributed by atoms with Gasteiger partial charge in [-0.05, 0) is 78.3 Å². The van der Waals surface area contributed by atoms with Gasteiger partial charge >= 0.3 is 11.8 Å². The maximum absolute atomic E-state index is 12.4. The van der Waals surface area contributed by atoms with Crippen LogP contribution in [0.15, 0.2) is 35.4 Å². The molecule has 0 saturated heterocycles. The lowest BCUT2D eigenvalue weighted by molar-refractivity contribution is -0.139. The molecule has 0 fully saturated rings. The van der Waals surface area contributed by atoms with Gasteiger partial charge in [-0.2, -0.15) is 5.10 Å². The van der Waals surface area contributed by atoms with Crippen LogP contribution in [0.25, 0.3) is 0 Å². The van der Waals surface area contributed by atoms with Crippen molar-refractivity contribution in [2.45, 2.75) is 33.2 Å². The molecule has 2 aromatic carbocycles. The molecule has 0 unspecified atom stereocenters. The van der Waals surface area contributed by atoms with Crippen molar-refractivity contribution < 1.29 is 23.9 Å². The van der Waals surface area contributed by atoms with Crippen LogP contribution in [0.2, 0.25) is 5.02 Å². The number of nitrogens with zero attached hydrogens (tertiary/aromatic N) is 1. The van der Waals surface area contributed by atoms with E-state index in [4.69, 9.17) is 21.1 Å². The second-order valence-electron chi connectivity index (χ2n) is 7.31. The van der Waals surface area contributed by atoms with Gasteiger partial charge in [0, 0.05) is 16.8 Å². The summed E-state index contributed by atoms with van der Waals surface area (Å²) in [5.74, 6) is -1.21. The largest absolute Gasteiger partial charge is 0.493 e. The molecule has 0 heterocycles. The summed E-state index contributed by atoms with van der Waals surface area (Å²) in [6.07, 6.45) is 2.08. The van der Waals surface area contributed by atoms with Crippen LogP contribution >= 0.6 is 34.2 Å². The lowest BCUT2D eigenvalue weighted by Gasteiger charge is -2.14. The average Bonchev–Trinajstić information content (AvgIpc) is 2.80. The van der Waals surface area contributed by atoms with Crippen molar-refractivity contribution in [3.8, 4) is 11.5 Å². The molecule has 182 valence electrons. The summed E-state index contributed by atoms with van der Waals surface area (Å²) >= 11 is 8.03. The molecule has 0 saturated carbocycles. The maximum atomic E-state index is 12.4. The van der Waals surface area contributed by atoms with Gasteiger partial charge in [0.25, 0.3) is 5.91 Å². The summed E-state index contributed by atoms with van der Waals surface area (Å²) in [5, 5.41) is 9.66.